The number of aromatic nitrogens is 3. The van der Waals surface area contributed by atoms with Gasteiger partial charge in [0.25, 0.3) is 0 Å². The predicted molar refractivity (Wildman–Crippen MR) is 247 cm³/mol. The van der Waals surface area contributed by atoms with Crippen molar-refractivity contribution < 1.29 is 0 Å². The molecule has 3 heterocycles. The fourth-order valence-corrected chi connectivity index (χ4v) is 14.7. The molecule has 0 saturated carbocycles. The molecule has 0 saturated heterocycles. The molecule has 11 aromatic rings. The Morgan fingerprint density at radius 2 is 1.12 bits per heavy atom. The second-order valence-electron chi connectivity index (χ2n) is 14.2. The molecule has 0 fully saturated rings. The van der Waals surface area contributed by atoms with Gasteiger partial charge in [-0.05, 0) is 88.5 Å². The third kappa shape index (κ3) is 5.29. The van der Waals surface area contributed by atoms with Crippen molar-refractivity contribution in [2.24, 2.45) is 0 Å². The van der Waals surface area contributed by atoms with Crippen LogP contribution < -0.4 is 31.8 Å². The lowest BCUT2D eigenvalue weighted by molar-refractivity contribution is 1.32. The van der Waals surface area contributed by atoms with Gasteiger partial charge in [0.1, 0.15) is 27.1 Å². The molecule has 3 nitrogen and oxygen atoms in total. The highest BCUT2D eigenvalue weighted by Gasteiger charge is 2.45. The number of pyridine rings is 2. The molecule has 11 rings (SSSR count). The van der Waals surface area contributed by atoms with E-state index < -0.39 is 14.4 Å². The van der Waals surface area contributed by atoms with Gasteiger partial charge in [0.15, 0.2) is 6.46 Å². The maximum Gasteiger partial charge on any atom is 0.171 e. The topological polar surface area (TPSA) is 30.2 Å². The van der Waals surface area contributed by atoms with Crippen molar-refractivity contribution in [2.75, 3.05) is 0 Å². The first kappa shape index (κ1) is 33.4. The Morgan fingerprint density at radius 3 is 1.93 bits per heavy atom. The van der Waals surface area contributed by atoms with Gasteiger partial charge in [0.05, 0.1) is 22.7 Å². The molecule has 1 unspecified atom stereocenters. The van der Waals surface area contributed by atoms with Gasteiger partial charge in [-0.1, -0.05) is 146 Å². The van der Waals surface area contributed by atoms with Crippen molar-refractivity contribution in [3.8, 4) is 0 Å². The number of benzene rings is 8. The number of para-hydroxylation sites is 3. The van der Waals surface area contributed by atoms with Gasteiger partial charge in [0.2, 0.25) is 0 Å². The van der Waals surface area contributed by atoms with E-state index in [1.165, 1.54) is 42.8 Å². The smallest absolute Gasteiger partial charge is 0.171 e. The molecule has 0 spiro atoms. The molecule has 3 aromatic heterocycles. The van der Waals surface area contributed by atoms with Crippen molar-refractivity contribution in [2.45, 2.75) is 0 Å². The number of rotatable bonds is 6. The minimum atomic E-state index is -2.60. The van der Waals surface area contributed by atoms with E-state index >= 15 is 0 Å². The van der Waals surface area contributed by atoms with Crippen LogP contribution in [0, 0.1) is 0 Å². The van der Waals surface area contributed by atoms with Crippen molar-refractivity contribution in [3.05, 3.63) is 200 Å². The van der Waals surface area contributed by atoms with Gasteiger partial charge in [-0.25, -0.2) is 4.98 Å². The Morgan fingerprint density at radius 1 is 0.464 bits per heavy atom. The highest BCUT2D eigenvalue weighted by Crippen LogP contribution is 2.61. The summed E-state index contributed by atoms with van der Waals surface area (Å²) in [6, 6.07) is 70.3. The average molecular weight is 771 g/mol. The molecule has 0 N–H and O–H groups in total. The lowest BCUT2D eigenvalue weighted by atomic mass is 10.1. The third-order valence-electron chi connectivity index (χ3n) is 11.0. The van der Waals surface area contributed by atoms with Crippen molar-refractivity contribution in [1.29, 1.82) is 0 Å². The Bertz CT molecular complexity index is 3170. The summed E-state index contributed by atoms with van der Waals surface area (Å²) in [7, 11) is -0.807. The van der Waals surface area contributed by atoms with Crippen LogP contribution in [0.2, 0.25) is 0 Å². The summed E-state index contributed by atoms with van der Waals surface area (Å²) in [5, 5.41) is 14.4. The van der Waals surface area contributed by atoms with E-state index in [-0.39, 0.29) is 0 Å². The van der Waals surface area contributed by atoms with Crippen LogP contribution in [0.1, 0.15) is 0 Å². The van der Waals surface area contributed by atoms with Crippen LogP contribution in [0.5, 0.6) is 0 Å². The Kier molecular flexibility index (Phi) is 8.00. The first-order chi connectivity index (χ1) is 27.6. The molecule has 264 valence electrons. The standard InChI is InChI=1S/C50H34N3P2S/c56-55(40-28-26-34-14-7-8-15-35(34)30-40,41-31-36-16-9-11-22-45(36)51-33-41)48-25-13-24-47-49(48)52-50-44-32-39(27-29-42(44)43-21-10-12-23-46(43)53(47)50)54(37-17-3-1-4-18-37)38-19-5-2-6-20-38/h1-33,56H/q+1. The molecule has 6 heteroatoms. The molecule has 8 aromatic carbocycles. The van der Waals surface area contributed by atoms with E-state index in [0.29, 0.717) is 0 Å². The summed E-state index contributed by atoms with van der Waals surface area (Å²) in [5.74, 6) is 0. The summed E-state index contributed by atoms with van der Waals surface area (Å²) in [6.45, 7) is -2.60. The monoisotopic (exact) mass is 770 g/mol. The molecule has 1 atom stereocenters. The van der Waals surface area contributed by atoms with Gasteiger partial charge in [0, 0.05) is 28.4 Å². The van der Waals surface area contributed by atoms with Crippen LogP contribution in [0.15, 0.2) is 200 Å². The fourth-order valence-electron chi connectivity index (χ4n) is 8.40. The van der Waals surface area contributed by atoms with E-state index in [1.54, 1.807) is 0 Å². The molecule has 0 radical (unpaired) electrons. The Hall–Kier alpha value is -5.89. The van der Waals surface area contributed by atoms with E-state index in [9.17, 15) is 0 Å². The van der Waals surface area contributed by atoms with E-state index in [4.69, 9.17) is 22.2 Å². The number of hydrogen-bond donors (Lipinski definition) is 1. The predicted octanol–water partition coefficient (Wildman–Crippen LogP) is 10.4. The highest BCUT2D eigenvalue weighted by atomic mass is 32.7. The van der Waals surface area contributed by atoms with Crippen LogP contribution in [0.25, 0.3) is 60.0 Å². The van der Waals surface area contributed by atoms with Gasteiger partial charge in [-0.3, -0.25) is 9.38 Å². The molecular weight excluding hydrogens is 737 g/mol. The minimum absolute atomic E-state index is 0.807. The molecule has 0 amide bonds. The first-order valence-corrected chi connectivity index (χ1v) is 23.1. The van der Waals surface area contributed by atoms with Gasteiger partial charge >= 0.3 is 0 Å². The molecule has 0 aliphatic carbocycles. The fraction of sp³-hybridized carbons (Fsp3) is 0. The number of hydrogen-bond acceptors (Lipinski definition) is 3. The van der Waals surface area contributed by atoms with Crippen LogP contribution in [-0.2, 0) is 0 Å². The first-order valence-electron chi connectivity index (χ1n) is 18.8. The Labute approximate surface area is 331 Å². The zero-order chi connectivity index (χ0) is 37.2. The van der Waals surface area contributed by atoms with Crippen molar-refractivity contribution >= 4 is 118 Å². The minimum Gasteiger partial charge on any atom is -0.292 e. The van der Waals surface area contributed by atoms with E-state index in [1.807, 2.05) is 12.3 Å². The van der Waals surface area contributed by atoms with E-state index in [2.05, 4.69) is 192 Å². The zero-order valence-corrected chi connectivity index (χ0v) is 32.9. The molecule has 0 aliphatic rings. The van der Waals surface area contributed by atoms with Crippen LogP contribution in [0.3, 0.4) is 0 Å². The molecule has 56 heavy (non-hydrogen) atoms. The lowest BCUT2D eigenvalue weighted by Crippen LogP contribution is -2.28. The molecule has 0 bridgehead atoms. The lowest BCUT2D eigenvalue weighted by Gasteiger charge is -2.22. The summed E-state index contributed by atoms with van der Waals surface area (Å²) in [6.07, 6.45) is 2.04. The summed E-state index contributed by atoms with van der Waals surface area (Å²) < 4.78 is 2.38. The summed E-state index contributed by atoms with van der Waals surface area (Å²) in [4.78, 5) is 10.7. The van der Waals surface area contributed by atoms with Crippen LogP contribution >= 0.6 is 26.6 Å². The second-order valence-corrected chi connectivity index (χ2v) is 21.0. The average Bonchev–Trinajstić information content (AvgIpc) is 3.67. The second kappa shape index (κ2) is 13.4. The quantitative estimate of drug-likeness (QED) is 0.104. The SMILES string of the molecule is S[P+](c1ccc2ccccc2c1)(c1cnc2ccccc2c1)c1cccc2c1nc1c3cc(P(c4ccccc4)c4ccccc4)ccc3c3ccccc3n21. The number of thiol groups is 1. The van der Waals surface area contributed by atoms with Gasteiger partial charge in [-0.2, -0.15) is 0 Å². The Balaban J connectivity index is 1.22. The van der Waals surface area contributed by atoms with Crippen molar-refractivity contribution in [3.63, 3.8) is 0 Å². The largest absolute Gasteiger partial charge is 0.292 e. The number of imidazole rings is 1. The normalized spacial score (nSPS) is 13.0. The maximum atomic E-state index is 5.89. The van der Waals surface area contributed by atoms with Crippen molar-refractivity contribution in [1.82, 2.24) is 14.4 Å². The van der Waals surface area contributed by atoms with Crippen LogP contribution in [-0.4, -0.2) is 14.4 Å². The highest BCUT2D eigenvalue weighted by molar-refractivity contribution is 8.61. The summed E-state index contributed by atoms with van der Waals surface area (Å²) >= 11 is 5.89. The third-order valence-corrected chi connectivity index (χ3v) is 18.6. The van der Waals surface area contributed by atoms with Gasteiger partial charge in [-0.15, -0.1) is 0 Å². The van der Waals surface area contributed by atoms with E-state index in [0.717, 1.165) is 49.1 Å². The number of nitrogens with zero attached hydrogens (tertiary/aromatic N) is 3. The molecular formula is C50H34N3P2S+. The zero-order valence-electron chi connectivity index (χ0n) is 30.2. The number of fused-ring (bicyclic) bond motifs is 10. The maximum absolute atomic E-state index is 5.89. The van der Waals surface area contributed by atoms with Gasteiger partial charge < -0.3 is 0 Å². The summed E-state index contributed by atoms with van der Waals surface area (Å²) in [5.41, 5.74) is 5.10. The van der Waals surface area contributed by atoms with Crippen LogP contribution in [0.4, 0.5) is 0 Å². The molecule has 0 aliphatic heterocycles.